The van der Waals surface area contributed by atoms with Gasteiger partial charge < -0.3 is 24.0 Å². The number of aromatic nitrogens is 1. The summed E-state index contributed by atoms with van der Waals surface area (Å²) in [4.78, 5) is 22.0. The van der Waals surface area contributed by atoms with Gasteiger partial charge in [-0.05, 0) is 42.7 Å². The SMILES string of the molecule is O=C(c1cc(N2CCOCC2)ccn1)N1CCC[C@@H]1c1ccc2c(c1)OCCCO2. The minimum Gasteiger partial charge on any atom is -0.490 e. The largest absolute Gasteiger partial charge is 0.490 e. The van der Waals surface area contributed by atoms with Gasteiger partial charge in [-0.25, -0.2) is 0 Å². The Balaban J connectivity index is 1.37. The van der Waals surface area contributed by atoms with Crippen molar-refractivity contribution in [2.45, 2.75) is 25.3 Å². The number of fused-ring (bicyclic) bond motifs is 1. The maximum Gasteiger partial charge on any atom is 0.273 e. The van der Waals surface area contributed by atoms with Crippen molar-refractivity contribution in [1.29, 1.82) is 0 Å². The smallest absolute Gasteiger partial charge is 0.273 e. The molecular weight excluding hydrogens is 382 g/mol. The van der Waals surface area contributed by atoms with Crippen LogP contribution >= 0.6 is 0 Å². The maximum atomic E-state index is 13.4. The fourth-order valence-corrected chi connectivity index (χ4v) is 4.45. The van der Waals surface area contributed by atoms with E-state index in [2.05, 4.69) is 16.0 Å². The van der Waals surface area contributed by atoms with Crippen molar-refractivity contribution in [2.24, 2.45) is 0 Å². The van der Waals surface area contributed by atoms with Gasteiger partial charge in [-0.15, -0.1) is 0 Å². The van der Waals surface area contributed by atoms with E-state index in [1.54, 1.807) is 6.20 Å². The first-order valence-corrected chi connectivity index (χ1v) is 10.8. The lowest BCUT2D eigenvalue weighted by Gasteiger charge is -2.29. The first-order chi connectivity index (χ1) is 14.8. The van der Waals surface area contributed by atoms with Crippen molar-refractivity contribution in [1.82, 2.24) is 9.88 Å². The fraction of sp³-hybridized carbons (Fsp3) is 0.478. The summed E-state index contributed by atoms with van der Waals surface area (Å²) in [5.74, 6) is 1.54. The second kappa shape index (κ2) is 8.52. The molecule has 0 saturated carbocycles. The number of amides is 1. The number of nitrogens with zero attached hydrogens (tertiary/aromatic N) is 3. The van der Waals surface area contributed by atoms with E-state index in [-0.39, 0.29) is 11.9 Å². The highest BCUT2D eigenvalue weighted by Gasteiger charge is 2.32. The van der Waals surface area contributed by atoms with Crippen LogP contribution in [0.25, 0.3) is 0 Å². The van der Waals surface area contributed by atoms with Gasteiger partial charge in [-0.1, -0.05) is 6.07 Å². The number of rotatable bonds is 3. The van der Waals surface area contributed by atoms with E-state index in [1.807, 2.05) is 29.2 Å². The van der Waals surface area contributed by atoms with Gasteiger partial charge in [-0.3, -0.25) is 9.78 Å². The molecule has 0 radical (unpaired) electrons. The molecule has 4 heterocycles. The molecule has 0 aliphatic carbocycles. The van der Waals surface area contributed by atoms with E-state index in [0.717, 1.165) is 61.6 Å². The van der Waals surface area contributed by atoms with Gasteiger partial charge in [0.15, 0.2) is 11.5 Å². The lowest BCUT2D eigenvalue weighted by atomic mass is 10.0. The van der Waals surface area contributed by atoms with Crippen molar-refractivity contribution in [3.63, 3.8) is 0 Å². The Hall–Kier alpha value is -2.80. The topological polar surface area (TPSA) is 64.1 Å². The molecule has 0 N–H and O–H groups in total. The van der Waals surface area contributed by atoms with E-state index in [1.165, 1.54) is 0 Å². The van der Waals surface area contributed by atoms with Crippen LogP contribution < -0.4 is 14.4 Å². The van der Waals surface area contributed by atoms with Crippen LogP contribution in [0, 0.1) is 0 Å². The summed E-state index contributed by atoms with van der Waals surface area (Å²) >= 11 is 0. The predicted molar refractivity (Wildman–Crippen MR) is 112 cm³/mol. The van der Waals surface area contributed by atoms with Gasteiger partial charge in [0.25, 0.3) is 5.91 Å². The Morgan fingerprint density at radius 3 is 2.63 bits per heavy atom. The van der Waals surface area contributed by atoms with Crippen molar-refractivity contribution in [3.8, 4) is 11.5 Å². The lowest BCUT2D eigenvalue weighted by Crippen LogP contribution is -2.36. The molecule has 2 saturated heterocycles. The van der Waals surface area contributed by atoms with Crippen molar-refractivity contribution in [2.75, 3.05) is 51.0 Å². The number of morpholine rings is 1. The highest BCUT2D eigenvalue weighted by molar-refractivity contribution is 5.93. The number of likely N-dealkylation sites (tertiary alicyclic amines) is 1. The summed E-state index contributed by atoms with van der Waals surface area (Å²) in [7, 11) is 0. The van der Waals surface area contributed by atoms with E-state index >= 15 is 0 Å². The molecule has 3 aliphatic rings. The van der Waals surface area contributed by atoms with Crippen LogP contribution in [-0.4, -0.2) is 61.9 Å². The Morgan fingerprint density at radius 2 is 1.77 bits per heavy atom. The van der Waals surface area contributed by atoms with Gasteiger partial charge in [0.05, 0.1) is 32.5 Å². The highest BCUT2D eigenvalue weighted by atomic mass is 16.5. The highest BCUT2D eigenvalue weighted by Crippen LogP contribution is 2.38. The molecule has 1 aromatic heterocycles. The first kappa shape index (κ1) is 19.2. The van der Waals surface area contributed by atoms with Gasteiger partial charge in [0.2, 0.25) is 0 Å². The molecule has 0 unspecified atom stereocenters. The number of hydrogen-bond donors (Lipinski definition) is 0. The zero-order chi connectivity index (χ0) is 20.3. The Bertz CT molecular complexity index is 913. The molecule has 2 aromatic rings. The average molecular weight is 409 g/mol. The standard InChI is InChI=1S/C23H27N3O4/c27-23(19-16-18(6-7-24-19)25-9-13-28-14-10-25)26-8-1-3-20(26)17-4-5-21-22(15-17)30-12-2-11-29-21/h4-7,15-16,20H,1-3,8-14H2/t20-/m1/s1. The minimum atomic E-state index is -0.0141. The monoisotopic (exact) mass is 409 g/mol. The third kappa shape index (κ3) is 3.81. The van der Waals surface area contributed by atoms with Crippen LogP contribution in [-0.2, 0) is 4.74 Å². The normalized spacial score (nSPS) is 21.4. The zero-order valence-electron chi connectivity index (χ0n) is 17.1. The summed E-state index contributed by atoms with van der Waals surface area (Å²) in [6.07, 6.45) is 4.53. The molecule has 1 amide bonds. The van der Waals surface area contributed by atoms with Crippen LogP contribution in [0.1, 0.15) is 41.4 Å². The van der Waals surface area contributed by atoms with Gasteiger partial charge in [-0.2, -0.15) is 0 Å². The lowest BCUT2D eigenvalue weighted by molar-refractivity contribution is 0.0729. The quantitative estimate of drug-likeness (QED) is 0.776. The third-order valence-electron chi connectivity index (χ3n) is 6.01. The molecule has 1 atom stereocenters. The molecule has 2 fully saturated rings. The Morgan fingerprint density at radius 1 is 0.933 bits per heavy atom. The molecule has 7 heteroatoms. The Kier molecular flexibility index (Phi) is 5.45. The summed E-state index contributed by atoms with van der Waals surface area (Å²) < 4.78 is 17.0. The van der Waals surface area contributed by atoms with Crippen LogP contribution in [0.15, 0.2) is 36.5 Å². The summed E-state index contributed by atoms with van der Waals surface area (Å²) in [6, 6.07) is 9.97. The third-order valence-corrected chi connectivity index (χ3v) is 6.01. The van der Waals surface area contributed by atoms with E-state index in [4.69, 9.17) is 14.2 Å². The zero-order valence-corrected chi connectivity index (χ0v) is 17.1. The van der Waals surface area contributed by atoms with Crippen LogP contribution in [0.5, 0.6) is 11.5 Å². The van der Waals surface area contributed by atoms with Crippen molar-refractivity contribution < 1.29 is 19.0 Å². The van der Waals surface area contributed by atoms with Crippen molar-refractivity contribution >= 4 is 11.6 Å². The van der Waals surface area contributed by atoms with Crippen LogP contribution in [0.4, 0.5) is 5.69 Å². The van der Waals surface area contributed by atoms with Gasteiger partial charge in [0.1, 0.15) is 5.69 Å². The van der Waals surface area contributed by atoms with E-state index < -0.39 is 0 Å². The van der Waals surface area contributed by atoms with Crippen LogP contribution in [0.3, 0.4) is 0 Å². The molecule has 158 valence electrons. The molecule has 0 spiro atoms. The van der Waals surface area contributed by atoms with Crippen molar-refractivity contribution in [3.05, 3.63) is 47.8 Å². The number of anilines is 1. The van der Waals surface area contributed by atoms with Crippen LogP contribution in [0.2, 0.25) is 0 Å². The molecule has 3 aliphatic heterocycles. The molecule has 5 rings (SSSR count). The molecule has 30 heavy (non-hydrogen) atoms. The second-order valence-electron chi connectivity index (χ2n) is 7.91. The summed E-state index contributed by atoms with van der Waals surface area (Å²) in [5, 5.41) is 0. The van der Waals surface area contributed by atoms with Gasteiger partial charge >= 0.3 is 0 Å². The summed E-state index contributed by atoms with van der Waals surface area (Å²) in [5.41, 5.74) is 2.62. The van der Waals surface area contributed by atoms with Gasteiger partial charge in [0, 0.05) is 37.9 Å². The molecule has 7 nitrogen and oxygen atoms in total. The van der Waals surface area contributed by atoms with E-state index in [9.17, 15) is 4.79 Å². The predicted octanol–water partition coefficient (Wildman–Crippen LogP) is 3.06. The molecular formula is C23H27N3O4. The number of benzene rings is 1. The number of hydrogen-bond acceptors (Lipinski definition) is 6. The second-order valence-corrected chi connectivity index (χ2v) is 7.91. The Labute approximate surface area is 176 Å². The molecule has 0 bridgehead atoms. The minimum absolute atomic E-state index is 0.0141. The number of pyridine rings is 1. The number of ether oxygens (including phenoxy) is 3. The fourth-order valence-electron chi connectivity index (χ4n) is 4.45. The number of carbonyl (C=O) groups excluding carboxylic acids is 1. The van der Waals surface area contributed by atoms with E-state index in [0.29, 0.717) is 32.1 Å². The maximum absolute atomic E-state index is 13.4. The average Bonchev–Trinajstić information content (AvgIpc) is 3.18. The number of carbonyl (C=O) groups is 1. The molecule has 1 aromatic carbocycles. The first-order valence-electron chi connectivity index (χ1n) is 10.8. The summed E-state index contributed by atoms with van der Waals surface area (Å²) in [6.45, 7) is 5.16.